The van der Waals surface area contributed by atoms with Crippen LogP contribution in [0.2, 0.25) is 0 Å². The molecular formula is C17H16N4O2. The number of nitrogens with one attached hydrogen (secondary N) is 2. The maximum atomic E-state index is 11.8. The number of amides is 2. The fourth-order valence-corrected chi connectivity index (χ4v) is 2.10. The second-order valence-corrected chi connectivity index (χ2v) is 4.99. The first kappa shape index (κ1) is 14.8. The minimum atomic E-state index is -0.327. The molecule has 3 aromatic rings. The van der Waals surface area contributed by atoms with Gasteiger partial charge in [-0.05, 0) is 30.7 Å². The van der Waals surface area contributed by atoms with Gasteiger partial charge in [0.05, 0.1) is 6.54 Å². The molecule has 0 spiro atoms. The summed E-state index contributed by atoms with van der Waals surface area (Å²) in [5, 5.41) is 13.4. The van der Waals surface area contributed by atoms with E-state index in [4.69, 9.17) is 4.42 Å². The molecule has 0 aliphatic rings. The molecule has 0 bridgehead atoms. The minimum Gasteiger partial charge on any atom is -0.419 e. The van der Waals surface area contributed by atoms with Gasteiger partial charge in [-0.2, -0.15) is 0 Å². The van der Waals surface area contributed by atoms with Crippen molar-refractivity contribution in [3.05, 3.63) is 66.1 Å². The first-order chi connectivity index (χ1) is 11.2. The molecule has 2 N–H and O–H groups in total. The van der Waals surface area contributed by atoms with Gasteiger partial charge >= 0.3 is 6.03 Å². The lowest BCUT2D eigenvalue weighted by Crippen LogP contribution is -2.28. The summed E-state index contributed by atoms with van der Waals surface area (Å²) in [6, 6.07) is 16.6. The molecule has 0 saturated carbocycles. The van der Waals surface area contributed by atoms with Crippen molar-refractivity contribution in [3.63, 3.8) is 0 Å². The third-order valence-corrected chi connectivity index (χ3v) is 3.27. The van der Waals surface area contributed by atoms with E-state index in [1.807, 2.05) is 61.5 Å². The summed E-state index contributed by atoms with van der Waals surface area (Å²) in [7, 11) is 0. The van der Waals surface area contributed by atoms with Crippen molar-refractivity contribution in [2.24, 2.45) is 0 Å². The number of benzene rings is 2. The van der Waals surface area contributed by atoms with Crippen molar-refractivity contribution in [2.75, 3.05) is 5.32 Å². The maximum absolute atomic E-state index is 11.8. The highest BCUT2D eigenvalue weighted by molar-refractivity contribution is 5.89. The lowest BCUT2D eigenvalue weighted by Gasteiger charge is -2.05. The molecule has 6 heteroatoms. The number of carbonyl (C=O) groups excluding carboxylic acids is 1. The SMILES string of the molecule is Cc1ccccc1-c1nnc(CNC(=O)Nc2ccccc2)o1. The number of aromatic nitrogens is 2. The van der Waals surface area contributed by atoms with Gasteiger partial charge in [0, 0.05) is 11.3 Å². The molecule has 0 unspecified atom stereocenters. The van der Waals surface area contributed by atoms with Gasteiger partial charge in [-0.3, -0.25) is 0 Å². The van der Waals surface area contributed by atoms with Crippen LogP contribution in [0.15, 0.2) is 59.0 Å². The van der Waals surface area contributed by atoms with E-state index in [-0.39, 0.29) is 12.6 Å². The molecule has 6 nitrogen and oxygen atoms in total. The predicted octanol–water partition coefficient (Wildman–Crippen LogP) is 3.37. The largest absolute Gasteiger partial charge is 0.419 e. The summed E-state index contributed by atoms with van der Waals surface area (Å²) in [5.74, 6) is 0.801. The van der Waals surface area contributed by atoms with E-state index in [1.165, 1.54) is 0 Å². The highest BCUT2D eigenvalue weighted by atomic mass is 16.4. The van der Waals surface area contributed by atoms with Crippen molar-refractivity contribution in [2.45, 2.75) is 13.5 Å². The molecule has 2 aromatic carbocycles. The zero-order chi connectivity index (χ0) is 16.1. The third kappa shape index (κ3) is 3.74. The van der Waals surface area contributed by atoms with Gasteiger partial charge in [0.1, 0.15) is 0 Å². The zero-order valence-corrected chi connectivity index (χ0v) is 12.6. The minimum absolute atomic E-state index is 0.164. The highest BCUT2D eigenvalue weighted by Crippen LogP contribution is 2.21. The Balaban J connectivity index is 1.59. The van der Waals surface area contributed by atoms with E-state index in [0.29, 0.717) is 11.8 Å². The summed E-state index contributed by atoms with van der Waals surface area (Å²) in [6.07, 6.45) is 0. The van der Waals surface area contributed by atoms with Crippen LogP contribution < -0.4 is 10.6 Å². The number of carbonyl (C=O) groups is 1. The Hall–Kier alpha value is -3.15. The number of anilines is 1. The highest BCUT2D eigenvalue weighted by Gasteiger charge is 2.11. The number of nitrogens with zero attached hydrogens (tertiary/aromatic N) is 2. The summed E-state index contributed by atoms with van der Waals surface area (Å²) < 4.78 is 5.59. The third-order valence-electron chi connectivity index (χ3n) is 3.27. The van der Waals surface area contributed by atoms with Crippen LogP contribution in [0.1, 0.15) is 11.5 Å². The van der Waals surface area contributed by atoms with Crippen molar-refractivity contribution < 1.29 is 9.21 Å². The lowest BCUT2D eigenvalue weighted by atomic mass is 10.1. The van der Waals surface area contributed by atoms with Gasteiger partial charge in [0.2, 0.25) is 11.8 Å². The van der Waals surface area contributed by atoms with E-state index in [2.05, 4.69) is 20.8 Å². The summed E-state index contributed by atoms with van der Waals surface area (Å²) in [5.41, 5.74) is 2.66. The van der Waals surface area contributed by atoms with E-state index < -0.39 is 0 Å². The number of para-hydroxylation sites is 1. The molecular weight excluding hydrogens is 292 g/mol. The second kappa shape index (κ2) is 6.74. The quantitative estimate of drug-likeness (QED) is 0.774. The number of hydrogen-bond acceptors (Lipinski definition) is 4. The van der Waals surface area contributed by atoms with Crippen LogP contribution in [0.4, 0.5) is 10.5 Å². The fraction of sp³-hybridized carbons (Fsp3) is 0.118. The van der Waals surface area contributed by atoms with Crippen LogP contribution in [0.25, 0.3) is 11.5 Å². The van der Waals surface area contributed by atoms with Gasteiger partial charge in [0.15, 0.2) is 0 Å². The smallest absolute Gasteiger partial charge is 0.319 e. The average Bonchev–Trinajstić information content (AvgIpc) is 3.03. The maximum Gasteiger partial charge on any atom is 0.319 e. The summed E-state index contributed by atoms with van der Waals surface area (Å²) in [6.45, 7) is 2.14. The second-order valence-electron chi connectivity index (χ2n) is 4.99. The molecule has 0 radical (unpaired) electrons. The van der Waals surface area contributed by atoms with Gasteiger partial charge < -0.3 is 15.1 Å². The Morgan fingerprint density at radius 2 is 1.78 bits per heavy atom. The number of rotatable bonds is 4. The van der Waals surface area contributed by atoms with Gasteiger partial charge in [-0.1, -0.05) is 36.4 Å². The zero-order valence-electron chi connectivity index (χ0n) is 12.6. The molecule has 1 heterocycles. The predicted molar refractivity (Wildman–Crippen MR) is 86.8 cm³/mol. The molecule has 0 saturated heterocycles. The topological polar surface area (TPSA) is 80.0 Å². The summed E-state index contributed by atoms with van der Waals surface area (Å²) in [4.78, 5) is 11.8. The van der Waals surface area contributed by atoms with Crippen LogP contribution in [-0.4, -0.2) is 16.2 Å². The Labute approximate surface area is 133 Å². The Kier molecular flexibility index (Phi) is 4.33. The lowest BCUT2D eigenvalue weighted by molar-refractivity contribution is 0.250. The van der Waals surface area contributed by atoms with E-state index >= 15 is 0 Å². The van der Waals surface area contributed by atoms with Gasteiger partial charge in [-0.25, -0.2) is 4.79 Å². The fourth-order valence-electron chi connectivity index (χ4n) is 2.10. The van der Waals surface area contributed by atoms with Crippen molar-refractivity contribution >= 4 is 11.7 Å². The van der Waals surface area contributed by atoms with Gasteiger partial charge in [-0.15, -0.1) is 10.2 Å². The Morgan fingerprint density at radius 1 is 1.04 bits per heavy atom. The first-order valence-corrected chi connectivity index (χ1v) is 7.20. The van der Waals surface area contributed by atoms with E-state index in [0.717, 1.165) is 16.8 Å². The van der Waals surface area contributed by atoms with Crippen molar-refractivity contribution in [1.82, 2.24) is 15.5 Å². The molecule has 0 aliphatic heterocycles. The molecule has 1 aromatic heterocycles. The number of aryl methyl sites for hydroxylation is 1. The monoisotopic (exact) mass is 308 g/mol. The summed E-state index contributed by atoms with van der Waals surface area (Å²) >= 11 is 0. The standard InChI is InChI=1S/C17H16N4O2/c1-12-7-5-6-10-14(12)16-21-20-15(23-16)11-18-17(22)19-13-8-3-2-4-9-13/h2-10H,11H2,1H3,(H2,18,19,22). The molecule has 23 heavy (non-hydrogen) atoms. The van der Waals surface area contributed by atoms with Crippen LogP contribution in [0.5, 0.6) is 0 Å². The van der Waals surface area contributed by atoms with Crippen molar-refractivity contribution in [3.8, 4) is 11.5 Å². The normalized spacial score (nSPS) is 10.3. The van der Waals surface area contributed by atoms with Crippen LogP contribution in [0, 0.1) is 6.92 Å². The average molecular weight is 308 g/mol. The van der Waals surface area contributed by atoms with Crippen LogP contribution in [0.3, 0.4) is 0 Å². The Morgan fingerprint density at radius 3 is 2.57 bits per heavy atom. The Bertz CT molecular complexity index is 799. The molecule has 0 atom stereocenters. The van der Waals surface area contributed by atoms with Crippen molar-refractivity contribution in [1.29, 1.82) is 0 Å². The first-order valence-electron chi connectivity index (χ1n) is 7.20. The molecule has 2 amide bonds. The van der Waals surface area contributed by atoms with Gasteiger partial charge in [0.25, 0.3) is 0 Å². The molecule has 116 valence electrons. The molecule has 0 fully saturated rings. The molecule has 0 aliphatic carbocycles. The van der Waals surface area contributed by atoms with Crippen LogP contribution >= 0.6 is 0 Å². The number of hydrogen-bond donors (Lipinski definition) is 2. The molecule has 3 rings (SSSR count). The van der Waals surface area contributed by atoms with E-state index in [9.17, 15) is 4.79 Å². The number of urea groups is 1. The van der Waals surface area contributed by atoms with E-state index in [1.54, 1.807) is 0 Å². The van der Waals surface area contributed by atoms with Crippen LogP contribution in [-0.2, 0) is 6.54 Å².